The number of carbonyl (C=O) groups is 1. The van der Waals surface area contributed by atoms with Crippen LogP contribution in [0.4, 0.5) is 13.2 Å². The fourth-order valence-corrected chi connectivity index (χ4v) is 2.99. The highest BCUT2D eigenvalue weighted by molar-refractivity contribution is 6.30. The van der Waals surface area contributed by atoms with Crippen LogP contribution in [-0.2, 0) is 12.7 Å². The van der Waals surface area contributed by atoms with Crippen molar-refractivity contribution in [2.24, 2.45) is 0 Å². The number of hydrogen-bond donors (Lipinski definition) is 0. The summed E-state index contributed by atoms with van der Waals surface area (Å²) in [5.41, 5.74) is 0.577. The summed E-state index contributed by atoms with van der Waals surface area (Å²) < 4.78 is 44.5. The molecule has 9 heteroatoms. The lowest BCUT2D eigenvalue weighted by atomic mass is 10.1. The quantitative estimate of drug-likeness (QED) is 0.590. The van der Waals surface area contributed by atoms with Crippen LogP contribution in [0, 0.1) is 0 Å². The zero-order valence-corrected chi connectivity index (χ0v) is 16.3. The van der Waals surface area contributed by atoms with Gasteiger partial charge in [-0.05, 0) is 48.5 Å². The molecule has 3 aromatic rings. The highest BCUT2D eigenvalue weighted by Gasteiger charge is 2.33. The van der Waals surface area contributed by atoms with E-state index >= 15 is 0 Å². The fraction of sp³-hybridized carbons (Fsp3) is 0.200. The van der Waals surface area contributed by atoms with Gasteiger partial charge in [-0.2, -0.15) is 18.3 Å². The third kappa shape index (κ3) is 4.71. The molecule has 0 unspecified atom stereocenters. The molecule has 0 saturated heterocycles. The zero-order chi connectivity index (χ0) is 21.2. The lowest BCUT2D eigenvalue weighted by molar-refractivity contribution is -0.141. The number of halogens is 4. The van der Waals surface area contributed by atoms with Crippen molar-refractivity contribution in [1.82, 2.24) is 14.7 Å². The van der Waals surface area contributed by atoms with Crippen molar-refractivity contribution >= 4 is 17.5 Å². The van der Waals surface area contributed by atoms with Gasteiger partial charge in [0.2, 0.25) is 0 Å². The van der Waals surface area contributed by atoms with Crippen LogP contribution in [0.25, 0.3) is 5.69 Å². The molecule has 0 bridgehead atoms. The Hall–Kier alpha value is -3.00. The first-order valence-electron chi connectivity index (χ1n) is 8.50. The van der Waals surface area contributed by atoms with Crippen LogP contribution in [0.3, 0.4) is 0 Å². The van der Waals surface area contributed by atoms with E-state index in [1.165, 1.54) is 42.5 Å². The van der Waals surface area contributed by atoms with Crippen molar-refractivity contribution in [3.63, 3.8) is 0 Å². The van der Waals surface area contributed by atoms with Crippen molar-refractivity contribution in [3.8, 4) is 11.4 Å². The van der Waals surface area contributed by atoms with Crippen molar-refractivity contribution < 1.29 is 22.7 Å². The average Bonchev–Trinajstić information content (AvgIpc) is 3.18. The van der Waals surface area contributed by atoms with Crippen molar-refractivity contribution in [3.05, 3.63) is 76.6 Å². The van der Waals surface area contributed by atoms with E-state index in [-0.39, 0.29) is 12.5 Å². The fourth-order valence-electron chi connectivity index (χ4n) is 2.79. The molecule has 5 nitrogen and oxygen atoms in total. The maximum absolute atomic E-state index is 12.7. The molecule has 0 radical (unpaired) electrons. The van der Waals surface area contributed by atoms with Gasteiger partial charge < -0.3 is 9.64 Å². The number of ether oxygens (including phenoxy) is 1. The minimum absolute atomic E-state index is 0.255. The van der Waals surface area contributed by atoms with Gasteiger partial charge in [-0.25, -0.2) is 4.68 Å². The summed E-state index contributed by atoms with van der Waals surface area (Å²) in [7, 11) is 3.17. The first-order valence-corrected chi connectivity index (χ1v) is 8.88. The molecule has 1 aromatic heterocycles. The van der Waals surface area contributed by atoms with E-state index in [0.29, 0.717) is 22.0 Å². The molecule has 0 atom stereocenters. The minimum atomic E-state index is -4.51. The van der Waals surface area contributed by atoms with Gasteiger partial charge in [0.1, 0.15) is 5.75 Å². The van der Waals surface area contributed by atoms with Crippen LogP contribution in [0.5, 0.6) is 5.75 Å². The third-order valence-electron chi connectivity index (χ3n) is 4.25. The maximum atomic E-state index is 12.7. The number of alkyl halides is 3. The molecule has 152 valence electrons. The Morgan fingerprint density at radius 3 is 2.45 bits per heavy atom. The molecular weight excluding hydrogens is 407 g/mol. The predicted molar refractivity (Wildman–Crippen MR) is 102 cm³/mol. The highest BCUT2D eigenvalue weighted by atomic mass is 35.5. The maximum Gasteiger partial charge on any atom is 0.435 e. The molecule has 0 fully saturated rings. The van der Waals surface area contributed by atoms with Gasteiger partial charge in [-0.3, -0.25) is 4.79 Å². The van der Waals surface area contributed by atoms with Crippen LogP contribution in [0.1, 0.15) is 21.6 Å². The molecule has 0 aliphatic rings. The van der Waals surface area contributed by atoms with E-state index in [9.17, 15) is 18.0 Å². The topological polar surface area (TPSA) is 47.4 Å². The monoisotopic (exact) mass is 423 g/mol. The van der Waals surface area contributed by atoms with E-state index in [1.807, 2.05) is 0 Å². The number of aromatic nitrogens is 2. The average molecular weight is 424 g/mol. The molecule has 0 aliphatic heterocycles. The Labute approximate surface area is 170 Å². The number of benzene rings is 2. The molecule has 0 saturated carbocycles. The van der Waals surface area contributed by atoms with E-state index in [4.69, 9.17) is 16.3 Å². The number of nitrogens with zero attached hydrogens (tertiary/aromatic N) is 3. The molecular formula is C20H17ClF3N3O2. The second-order valence-corrected chi connectivity index (χ2v) is 6.74. The number of carbonyl (C=O) groups excluding carboxylic acids is 1. The molecule has 2 aromatic carbocycles. The van der Waals surface area contributed by atoms with Gasteiger partial charge in [0.25, 0.3) is 5.91 Å². The molecule has 1 amide bonds. The van der Waals surface area contributed by atoms with Crippen LogP contribution in [0.15, 0.2) is 54.7 Å². The summed E-state index contributed by atoms with van der Waals surface area (Å²) in [5.74, 6) is 0.360. The summed E-state index contributed by atoms with van der Waals surface area (Å²) in [4.78, 5) is 14.2. The van der Waals surface area contributed by atoms with Gasteiger partial charge in [0.15, 0.2) is 5.69 Å². The number of rotatable bonds is 5. The second kappa shape index (κ2) is 8.16. The summed E-state index contributed by atoms with van der Waals surface area (Å²) in [6.45, 7) is 0.276. The van der Waals surface area contributed by atoms with Gasteiger partial charge in [0, 0.05) is 35.9 Å². The van der Waals surface area contributed by atoms with Gasteiger partial charge >= 0.3 is 6.18 Å². The summed E-state index contributed by atoms with van der Waals surface area (Å²) in [6, 6.07) is 12.2. The first kappa shape index (κ1) is 20.7. The van der Waals surface area contributed by atoms with Crippen molar-refractivity contribution in [1.29, 1.82) is 0 Å². The smallest absolute Gasteiger partial charge is 0.435 e. The van der Waals surface area contributed by atoms with E-state index in [2.05, 4.69) is 5.10 Å². The van der Waals surface area contributed by atoms with Gasteiger partial charge in [-0.15, -0.1) is 0 Å². The first-order chi connectivity index (χ1) is 13.7. The van der Waals surface area contributed by atoms with Crippen LogP contribution < -0.4 is 4.74 Å². The number of hydrogen-bond acceptors (Lipinski definition) is 3. The van der Waals surface area contributed by atoms with E-state index in [1.54, 1.807) is 25.2 Å². The van der Waals surface area contributed by atoms with E-state index in [0.717, 1.165) is 16.3 Å². The van der Waals surface area contributed by atoms with Crippen LogP contribution in [-0.4, -0.2) is 34.7 Å². The third-order valence-corrected chi connectivity index (χ3v) is 4.49. The molecule has 0 aliphatic carbocycles. The normalized spacial score (nSPS) is 11.4. The molecule has 3 rings (SSSR count). The van der Waals surface area contributed by atoms with Crippen molar-refractivity contribution in [2.75, 3.05) is 14.2 Å². The van der Waals surface area contributed by atoms with Crippen LogP contribution in [0.2, 0.25) is 5.02 Å². The number of methoxy groups -OCH3 is 1. The van der Waals surface area contributed by atoms with Crippen LogP contribution >= 0.6 is 11.6 Å². The molecule has 29 heavy (non-hydrogen) atoms. The van der Waals surface area contributed by atoms with E-state index < -0.39 is 11.9 Å². The lowest BCUT2D eigenvalue weighted by Gasteiger charge is -2.19. The highest BCUT2D eigenvalue weighted by Crippen LogP contribution is 2.28. The summed E-state index contributed by atoms with van der Waals surface area (Å²) in [5, 5.41) is 4.05. The molecule has 0 N–H and O–H groups in total. The summed E-state index contributed by atoms with van der Waals surface area (Å²) >= 11 is 6.02. The second-order valence-electron chi connectivity index (χ2n) is 6.31. The molecule has 0 spiro atoms. The lowest BCUT2D eigenvalue weighted by Crippen LogP contribution is -2.26. The Bertz CT molecular complexity index is 1020. The minimum Gasteiger partial charge on any atom is -0.496 e. The van der Waals surface area contributed by atoms with Crippen molar-refractivity contribution in [2.45, 2.75) is 12.7 Å². The standard InChI is InChI=1S/C20H17ClF3N3O2/c1-26(12-14-11-15(21)5-8-17(14)29-2)19(28)13-3-6-16(7-4-13)27-10-9-18(25-27)20(22,23)24/h3-11H,12H2,1-2H3. The Balaban J connectivity index is 1.75. The Morgan fingerprint density at radius 2 is 1.86 bits per heavy atom. The number of amides is 1. The predicted octanol–water partition coefficient (Wildman–Crippen LogP) is 4.83. The Morgan fingerprint density at radius 1 is 1.17 bits per heavy atom. The Kier molecular flexibility index (Phi) is 5.83. The largest absolute Gasteiger partial charge is 0.496 e. The van der Waals surface area contributed by atoms with Gasteiger partial charge in [-0.1, -0.05) is 11.6 Å². The molecule has 1 heterocycles. The van der Waals surface area contributed by atoms with Gasteiger partial charge in [0.05, 0.1) is 12.8 Å². The summed E-state index contributed by atoms with van der Waals surface area (Å²) in [6.07, 6.45) is -3.29. The zero-order valence-electron chi connectivity index (χ0n) is 15.6. The SMILES string of the molecule is COc1ccc(Cl)cc1CN(C)C(=O)c1ccc(-n2ccc(C(F)(F)F)n2)cc1.